The van der Waals surface area contributed by atoms with Crippen molar-refractivity contribution in [1.82, 2.24) is 20.1 Å². The second kappa shape index (κ2) is 10.6. The monoisotopic (exact) mass is 505 g/mol. The van der Waals surface area contributed by atoms with E-state index < -0.39 is 17.5 Å². The fourth-order valence-corrected chi connectivity index (χ4v) is 4.63. The predicted octanol–water partition coefficient (Wildman–Crippen LogP) is 5.93. The Balaban J connectivity index is 1.41. The number of pyridine rings is 1. The van der Waals surface area contributed by atoms with Gasteiger partial charge in [-0.3, -0.25) is 14.8 Å². The number of benzene rings is 2. The Kier molecular flexibility index (Phi) is 7.14. The van der Waals surface area contributed by atoms with Crippen molar-refractivity contribution in [2.24, 2.45) is 0 Å². The molecule has 0 unspecified atom stereocenters. The molecule has 0 spiro atoms. The Hall–Kier alpha value is -3.85. The number of nitrogens with one attached hydrogen (secondary N) is 2. The van der Waals surface area contributed by atoms with Crippen molar-refractivity contribution in [3.05, 3.63) is 71.6 Å². The number of amides is 1. The molecule has 2 aromatic carbocycles. The van der Waals surface area contributed by atoms with Crippen molar-refractivity contribution in [3.63, 3.8) is 0 Å². The molecule has 0 radical (unpaired) electrons. The molecule has 4 aromatic rings. The molecular weight excluding hydrogens is 476 g/mol. The summed E-state index contributed by atoms with van der Waals surface area (Å²) >= 11 is 0. The zero-order valence-corrected chi connectivity index (χ0v) is 20.9. The second-order valence-corrected chi connectivity index (χ2v) is 9.61. The zero-order chi connectivity index (χ0) is 25.9. The van der Waals surface area contributed by atoms with Gasteiger partial charge in [-0.05, 0) is 81.2 Å². The summed E-state index contributed by atoms with van der Waals surface area (Å²) < 4.78 is 35.0. The van der Waals surface area contributed by atoms with Crippen molar-refractivity contribution in [2.45, 2.75) is 45.8 Å². The number of piperidine rings is 1. The van der Waals surface area contributed by atoms with Gasteiger partial charge in [0.2, 0.25) is 5.88 Å². The molecule has 7 nitrogen and oxygen atoms in total. The Morgan fingerprint density at radius 1 is 1.11 bits per heavy atom. The Morgan fingerprint density at radius 2 is 1.92 bits per heavy atom. The highest BCUT2D eigenvalue weighted by Crippen LogP contribution is 2.30. The van der Waals surface area contributed by atoms with E-state index in [1.165, 1.54) is 18.7 Å². The van der Waals surface area contributed by atoms with Crippen LogP contribution in [0.4, 0.5) is 14.5 Å². The summed E-state index contributed by atoms with van der Waals surface area (Å²) in [6, 6.07) is 11.4. The van der Waals surface area contributed by atoms with Crippen LogP contribution >= 0.6 is 0 Å². The van der Waals surface area contributed by atoms with Crippen LogP contribution in [0, 0.1) is 11.6 Å². The fourth-order valence-electron chi connectivity index (χ4n) is 4.63. The molecule has 1 fully saturated rings. The number of carbonyl (C=O) groups excluding carboxylic acids is 1. The molecule has 1 amide bonds. The van der Waals surface area contributed by atoms with Gasteiger partial charge in [0.1, 0.15) is 0 Å². The standard InChI is InChI=1S/C28H29F2N5O2/c1-17(2)37-25-9-7-20(15-31-25)32-28(36)27-22-14-19(6-8-24(22)33-34-27)21-12-18(13-23(29)26(21)30)16-35-10-4-3-5-11-35/h6-9,12-15,17H,3-5,10-11,16H2,1-2H3,(H,32,36)(H,33,34). The lowest BCUT2D eigenvalue weighted by atomic mass is 9.99. The zero-order valence-electron chi connectivity index (χ0n) is 20.9. The highest BCUT2D eigenvalue weighted by Gasteiger charge is 2.19. The Morgan fingerprint density at radius 3 is 2.65 bits per heavy atom. The minimum Gasteiger partial charge on any atom is -0.475 e. The van der Waals surface area contributed by atoms with E-state index in [-0.39, 0.29) is 17.4 Å². The summed E-state index contributed by atoms with van der Waals surface area (Å²) in [7, 11) is 0. The summed E-state index contributed by atoms with van der Waals surface area (Å²) in [6.07, 6.45) is 4.92. The summed E-state index contributed by atoms with van der Waals surface area (Å²) in [5.41, 5.74) is 2.58. The van der Waals surface area contributed by atoms with Crippen LogP contribution in [0.25, 0.3) is 22.0 Å². The third kappa shape index (κ3) is 5.61. The number of carbonyl (C=O) groups is 1. The summed E-state index contributed by atoms with van der Waals surface area (Å²) in [5, 5.41) is 10.3. The molecule has 2 aromatic heterocycles. The highest BCUT2D eigenvalue weighted by molar-refractivity contribution is 6.11. The van der Waals surface area contributed by atoms with E-state index in [1.54, 1.807) is 36.4 Å². The predicted molar refractivity (Wildman–Crippen MR) is 139 cm³/mol. The number of rotatable bonds is 7. The van der Waals surface area contributed by atoms with Crippen LogP contribution in [0.3, 0.4) is 0 Å². The van der Waals surface area contributed by atoms with E-state index in [0.29, 0.717) is 34.6 Å². The topological polar surface area (TPSA) is 83.1 Å². The number of hydrogen-bond acceptors (Lipinski definition) is 5. The Bertz CT molecular complexity index is 1410. The molecular formula is C28H29F2N5O2. The van der Waals surface area contributed by atoms with Crippen LogP contribution in [0.1, 0.15) is 49.2 Å². The first kappa shape index (κ1) is 24.8. The number of likely N-dealkylation sites (tertiary alicyclic amines) is 1. The van der Waals surface area contributed by atoms with Crippen molar-refractivity contribution < 1.29 is 18.3 Å². The third-order valence-electron chi connectivity index (χ3n) is 6.38. The van der Waals surface area contributed by atoms with Gasteiger partial charge in [0.25, 0.3) is 5.91 Å². The molecule has 192 valence electrons. The van der Waals surface area contributed by atoms with E-state index in [2.05, 4.69) is 25.4 Å². The number of nitrogens with zero attached hydrogens (tertiary/aromatic N) is 3. The molecule has 0 saturated carbocycles. The summed E-state index contributed by atoms with van der Waals surface area (Å²) in [6.45, 7) is 6.29. The van der Waals surface area contributed by atoms with E-state index >= 15 is 0 Å². The number of aromatic nitrogens is 3. The molecule has 1 saturated heterocycles. The van der Waals surface area contributed by atoms with E-state index in [1.807, 2.05) is 13.8 Å². The SMILES string of the molecule is CC(C)Oc1ccc(NC(=O)c2n[nH]c3ccc(-c4cc(CN5CCCCC5)cc(F)c4F)cc23)cn1. The van der Waals surface area contributed by atoms with Gasteiger partial charge in [-0.15, -0.1) is 0 Å². The molecule has 2 N–H and O–H groups in total. The molecule has 0 bridgehead atoms. The minimum absolute atomic E-state index is 0.0127. The van der Waals surface area contributed by atoms with Crippen LogP contribution in [-0.4, -0.2) is 45.2 Å². The highest BCUT2D eigenvalue weighted by atomic mass is 19.2. The van der Waals surface area contributed by atoms with Gasteiger partial charge < -0.3 is 10.1 Å². The summed E-state index contributed by atoms with van der Waals surface area (Å²) in [5.74, 6) is -1.79. The van der Waals surface area contributed by atoms with Gasteiger partial charge in [-0.25, -0.2) is 13.8 Å². The van der Waals surface area contributed by atoms with Gasteiger partial charge in [0.05, 0.1) is 23.5 Å². The van der Waals surface area contributed by atoms with Gasteiger partial charge in [0.15, 0.2) is 17.3 Å². The minimum atomic E-state index is -0.911. The second-order valence-electron chi connectivity index (χ2n) is 9.61. The van der Waals surface area contributed by atoms with Crippen LogP contribution in [0.2, 0.25) is 0 Å². The number of fused-ring (bicyclic) bond motifs is 1. The number of hydrogen-bond donors (Lipinski definition) is 2. The lowest BCUT2D eigenvalue weighted by molar-refractivity contribution is 0.102. The number of H-pyrrole nitrogens is 1. The van der Waals surface area contributed by atoms with Gasteiger partial charge >= 0.3 is 0 Å². The maximum absolute atomic E-state index is 14.9. The van der Waals surface area contributed by atoms with Gasteiger partial charge in [0, 0.05) is 23.6 Å². The van der Waals surface area contributed by atoms with Crippen LogP contribution in [-0.2, 0) is 6.54 Å². The molecule has 0 aliphatic carbocycles. The van der Waals surface area contributed by atoms with Gasteiger partial charge in [-0.2, -0.15) is 5.10 Å². The quantitative estimate of drug-likeness (QED) is 0.325. The lowest BCUT2D eigenvalue weighted by Crippen LogP contribution is -2.29. The maximum atomic E-state index is 14.9. The first-order valence-corrected chi connectivity index (χ1v) is 12.5. The van der Waals surface area contributed by atoms with Gasteiger partial charge in [-0.1, -0.05) is 12.5 Å². The van der Waals surface area contributed by atoms with E-state index in [4.69, 9.17) is 4.74 Å². The molecule has 37 heavy (non-hydrogen) atoms. The molecule has 1 aliphatic rings. The Labute approximate surface area is 213 Å². The molecule has 3 heterocycles. The largest absolute Gasteiger partial charge is 0.475 e. The summed E-state index contributed by atoms with van der Waals surface area (Å²) in [4.78, 5) is 19.5. The molecule has 0 atom stereocenters. The van der Waals surface area contributed by atoms with E-state index in [0.717, 1.165) is 31.5 Å². The molecule has 5 rings (SSSR count). The normalized spacial score (nSPS) is 14.3. The third-order valence-corrected chi connectivity index (χ3v) is 6.38. The van der Waals surface area contributed by atoms with Crippen molar-refractivity contribution in [1.29, 1.82) is 0 Å². The maximum Gasteiger partial charge on any atom is 0.276 e. The lowest BCUT2D eigenvalue weighted by Gasteiger charge is -2.26. The number of halogens is 2. The van der Waals surface area contributed by atoms with Crippen molar-refractivity contribution in [3.8, 4) is 17.0 Å². The van der Waals surface area contributed by atoms with E-state index in [9.17, 15) is 13.6 Å². The smallest absolute Gasteiger partial charge is 0.276 e. The average Bonchev–Trinajstić information content (AvgIpc) is 3.31. The van der Waals surface area contributed by atoms with Crippen LogP contribution in [0.5, 0.6) is 5.88 Å². The molecule has 1 aliphatic heterocycles. The fraction of sp³-hybridized carbons (Fsp3) is 0.321. The number of anilines is 1. The van der Waals surface area contributed by atoms with Crippen LogP contribution in [0.15, 0.2) is 48.7 Å². The van der Waals surface area contributed by atoms with Crippen LogP contribution < -0.4 is 10.1 Å². The molecule has 9 heteroatoms. The number of aromatic amines is 1. The average molecular weight is 506 g/mol. The first-order valence-electron chi connectivity index (χ1n) is 12.5. The number of ether oxygens (including phenoxy) is 1. The van der Waals surface area contributed by atoms with Crippen molar-refractivity contribution in [2.75, 3.05) is 18.4 Å². The van der Waals surface area contributed by atoms with Crippen molar-refractivity contribution >= 4 is 22.5 Å². The first-order chi connectivity index (χ1) is 17.9.